The predicted molar refractivity (Wildman–Crippen MR) is 81.9 cm³/mol. The van der Waals surface area contributed by atoms with Gasteiger partial charge in [0.1, 0.15) is 0 Å². The molecule has 0 bridgehead atoms. The predicted octanol–water partition coefficient (Wildman–Crippen LogP) is 1.51. The number of imidazole rings is 2. The molecule has 4 rings (SSSR count). The Morgan fingerprint density at radius 3 is 2.91 bits per heavy atom. The second kappa shape index (κ2) is 4.69. The Kier molecular flexibility index (Phi) is 2.79. The molecular weight excluding hydrogens is 280 g/mol. The van der Waals surface area contributed by atoms with E-state index >= 15 is 0 Å². The van der Waals surface area contributed by atoms with E-state index in [0.717, 1.165) is 29.7 Å². The number of fused-ring (bicyclic) bond motifs is 2. The van der Waals surface area contributed by atoms with Crippen molar-refractivity contribution >= 4 is 16.9 Å². The van der Waals surface area contributed by atoms with Gasteiger partial charge in [-0.1, -0.05) is 12.1 Å². The van der Waals surface area contributed by atoms with Crippen molar-refractivity contribution in [3.8, 4) is 0 Å². The zero-order valence-corrected chi connectivity index (χ0v) is 12.2. The third kappa shape index (κ3) is 1.76. The van der Waals surface area contributed by atoms with Crippen molar-refractivity contribution in [2.75, 3.05) is 0 Å². The zero-order chi connectivity index (χ0) is 15.3. The third-order valence-corrected chi connectivity index (χ3v) is 4.52. The van der Waals surface area contributed by atoms with Crippen LogP contribution in [0.1, 0.15) is 22.6 Å². The SMILES string of the molecule is Cn1c(=O)n(C(=O)C2CCc3nc[nH]c3C2)c2ccccc21. The molecule has 3 aromatic rings. The number of hydrogen-bond donors (Lipinski definition) is 1. The number of benzene rings is 1. The van der Waals surface area contributed by atoms with E-state index in [4.69, 9.17) is 0 Å². The largest absolute Gasteiger partial charge is 0.348 e. The molecular formula is C16H16N4O2. The lowest BCUT2D eigenvalue weighted by atomic mass is 9.89. The molecule has 2 heterocycles. The van der Waals surface area contributed by atoms with E-state index in [1.807, 2.05) is 24.3 Å². The number of rotatable bonds is 1. The van der Waals surface area contributed by atoms with Gasteiger partial charge in [0.15, 0.2) is 0 Å². The standard InChI is InChI=1S/C16H16N4O2/c1-19-13-4-2-3-5-14(13)20(16(19)22)15(21)10-6-7-11-12(8-10)18-9-17-11/h2-5,9-10H,6-8H2,1H3,(H,17,18). The third-order valence-electron chi connectivity index (χ3n) is 4.52. The van der Waals surface area contributed by atoms with Gasteiger partial charge in [0.25, 0.3) is 0 Å². The highest BCUT2D eigenvalue weighted by atomic mass is 16.2. The molecule has 1 unspecified atom stereocenters. The molecule has 1 N–H and O–H groups in total. The summed E-state index contributed by atoms with van der Waals surface area (Å²) in [6.07, 6.45) is 3.78. The van der Waals surface area contributed by atoms with Crippen LogP contribution in [0.2, 0.25) is 0 Å². The van der Waals surface area contributed by atoms with Crippen molar-refractivity contribution in [3.05, 3.63) is 52.5 Å². The van der Waals surface area contributed by atoms with Crippen LogP contribution in [0.25, 0.3) is 11.0 Å². The smallest absolute Gasteiger partial charge is 0.335 e. The first kappa shape index (κ1) is 13.1. The number of aromatic nitrogens is 4. The van der Waals surface area contributed by atoms with E-state index < -0.39 is 0 Å². The second-order valence-electron chi connectivity index (χ2n) is 5.77. The molecule has 112 valence electrons. The Labute approximate surface area is 126 Å². The Hall–Kier alpha value is -2.63. The van der Waals surface area contributed by atoms with Gasteiger partial charge in [0.2, 0.25) is 5.91 Å². The molecule has 0 spiro atoms. The highest BCUT2D eigenvalue weighted by Crippen LogP contribution is 2.25. The van der Waals surface area contributed by atoms with Crippen molar-refractivity contribution in [2.24, 2.45) is 13.0 Å². The van der Waals surface area contributed by atoms with Crippen LogP contribution in [0, 0.1) is 5.92 Å². The van der Waals surface area contributed by atoms with Gasteiger partial charge in [-0.05, 0) is 25.0 Å². The summed E-state index contributed by atoms with van der Waals surface area (Å²) in [7, 11) is 1.70. The first-order valence-electron chi connectivity index (χ1n) is 7.38. The van der Waals surface area contributed by atoms with Crippen LogP contribution >= 0.6 is 0 Å². The summed E-state index contributed by atoms with van der Waals surface area (Å²) in [5, 5.41) is 0. The Bertz CT molecular complexity index is 931. The van der Waals surface area contributed by atoms with Gasteiger partial charge in [0.05, 0.1) is 23.1 Å². The maximum Gasteiger partial charge on any atom is 0.335 e. The fourth-order valence-corrected chi connectivity index (χ4v) is 3.30. The molecule has 22 heavy (non-hydrogen) atoms. The minimum atomic E-state index is -0.276. The number of hydrogen-bond acceptors (Lipinski definition) is 3. The fourth-order valence-electron chi connectivity index (χ4n) is 3.30. The lowest BCUT2D eigenvalue weighted by Gasteiger charge is -2.20. The van der Waals surface area contributed by atoms with Crippen LogP contribution in [-0.4, -0.2) is 25.0 Å². The van der Waals surface area contributed by atoms with Gasteiger partial charge in [-0.25, -0.2) is 14.3 Å². The quantitative estimate of drug-likeness (QED) is 0.740. The van der Waals surface area contributed by atoms with E-state index in [9.17, 15) is 9.59 Å². The van der Waals surface area contributed by atoms with Crippen LogP contribution in [0.4, 0.5) is 0 Å². The molecule has 0 fully saturated rings. The first-order chi connectivity index (χ1) is 10.7. The van der Waals surface area contributed by atoms with Crippen molar-refractivity contribution in [1.29, 1.82) is 0 Å². The summed E-state index contributed by atoms with van der Waals surface area (Å²) in [5.41, 5.74) is 3.23. The first-order valence-corrected chi connectivity index (χ1v) is 7.38. The monoisotopic (exact) mass is 296 g/mol. The van der Waals surface area contributed by atoms with Gasteiger partial charge >= 0.3 is 5.69 Å². The Balaban J connectivity index is 1.78. The fraction of sp³-hybridized carbons (Fsp3) is 0.312. The minimum absolute atomic E-state index is 0.123. The summed E-state index contributed by atoms with van der Waals surface area (Å²) in [5.74, 6) is -0.307. The molecule has 0 aliphatic heterocycles. The number of nitrogens with zero attached hydrogens (tertiary/aromatic N) is 3. The summed E-state index contributed by atoms with van der Waals surface area (Å²) >= 11 is 0. The van der Waals surface area contributed by atoms with Crippen molar-refractivity contribution < 1.29 is 4.79 Å². The summed E-state index contributed by atoms with van der Waals surface area (Å²) in [6, 6.07) is 7.39. The van der Waals surface area contributed by atoms with Crippen LogP contribution in [0.15, 0.2) is 35.4 Å². The van der Waals surface area contributed by atoms with Gasteiger partial charge < -0.3 is 4.98 Å². The molecule has 1 aliphatic carbocycles. The van der Waals surface area contributed by atoms with E-state index in [2.05, 4.69) is 9.97 Å². The van der Waals surface area contributed by atoms with Crippen LogP contribution in [0.5, 0.6) is 0 Å². The summed E-state index contributed by atoms with van der Waals surface area (Å²) < 4.78 is 2.85. The minimum Gasteiger partial charge on any atom is -0.348 e. The number of aryl methyl sites for hydroxylation is 2. The zero-order valence-electron chi connectivity index (χ0n) is 12.2. The van der Waals surface area contributed by atoms with Crippen molar-refractivity contribution in [2.45, 2.75) is 19.3 Å². The molecule has 6 heteroatoms. The highest BCUT2D eigenvalue weighted by Gasteiger charge is 2.29. The van der Waals surface area contributed by atoms with Crippen LogP contribution in [0.3, 0.4) is 0 Å². The van der Waals surface area contributed by atoms with Crippen molar-refractivity contribution in [3.63, 3.8) is 0 Å². The van der Waals surface area contributed by atoms with Crippen LogP contribution in [-0.2, 0) is 19.9 Å². The Morgan fingerprint density at radius 2 is 2.09 bits per heavy atom. The molecule has 1 aliphatic rings. The van der Waals surface area contributed by atoms with E-state index in [1.54, 1.807) is 13.4 Å². The normalized spacial score (nSPS) is 17.6. The molecule has 0 saturated carbocycles. The van der Waals surface area contributed by atoms with E-state index in [-0.39, 0.29) is 17.5 Å². The second-order valence-corrected chi connectivity index (χ2v) is 5.77. The number of aromatic amines is 1. The molecule has 1 aromatic carbocycles. The number of para-hydroxylation sites is 2. The molecule has 0 radical (unpaired) electrons. The average Bonchev–Trinajstić information content (AvgIpc) is 3.10. The molecule has 0 saturated heterocycles. The lowest BCUT2D eigenvalue weighted by Crippen LogP contribution is -2.34. The van der Waals surface area contributed by atoms with Gasteiger partial charge in [-0.3, -0.25) is 9.36 Å². The summed E-state index contributed by atoms with van der Waals surface area (Å²) in [6.45, 7) is 0. The molecule has 1 atom stereocenters. The van der Waals surface area contributed by atoms with Crippen molar-refractivity contribution in [1.82, 2.24) is 19.1 Å². The highest BCUT2D eigenvalue weighted by molar-refractivity contribution is 5.91. The number of carbonyl (C=O) groups is 1. The topological polar surface area (TPSA) is 72.7 Å². The maximum absolute atomic E-state index is 12.9. The maximum atomic E-state index is 12.9. The molecule has 2 aromatic heterocycles. The average molecular weight is 296 g/mol. The number of carbonyl (C=O) groups excluding carboxylic acids is 1. The van der Waals surface area contributed by atoms with E-state index in [0.29, 0.717) is 11.9 Å². The summed E-state index contributed by atoms with van der Waals surface area (Å²) in [4.78, 5) is 32.7. The van der Waals surface area contributed by atoms with Gasteiger partial charge in [-0.2, -0.15) is 0 Å². The Morgan fingerprint density at radius 1 is 1.32 bits per heavy atom. The molecule has 6 nitrogen and oxygen atoms in total. The van der Waals surface area contributed by atoms with Gasteiger partial charge in [-0.15, -0.1) is 0 Å². The number of nitrogens with one attached hydrogen (secondary N) is 1. The van der Waals surface area contributed by atoms with Gasteiger partial charge in [0, 0.05) is 25.1 Å². The molecule has 0 amide bonds. The lowest BCUT2D eigenvalue weighted by molar-refractivity contribution is 0.0821. The van der Waals surface area contributed by atoms with Crippen LogP contribution < -0.4 is 5.69 Å². The van der Waals surface area contributed by atoms with E-state index in [1.165, 1.54) is 9.13 Å². The number of H-pyrrole nitrogens is 1.